The molecule has 5 nitrogen and oxygen atoms in total. The van der Waals surface area contributed by atoms with Gasteiger partial charge in [-0.3, -0.25) is 9.59 Å². The molecule has 0 unspecified atom stereocenters. The zero-order valence-corrected chi connectivity index (χ0v) is 10.4. The Hall–Kier alpha value is -2.09. The van der Waals surface area contributed by atoms with Crippen LogP contribution in [0, 0.1) is 17.5 Å². The number of amides is 2. The van der Waals surface area contributed by atoms with Gasteiger partial charge < -0.3 is 15.5 Å². The zero-order valence-electron chi connectivity index (χ0n) is 10.4. The van der Waals surface area contributed by atoms with Gasteiger partial charge in [-0.1, -0.05) is 0 Å². The smallest absolute Gasteiger partial charge is 0.313 e. The molecule has 8 heteroatoms. The van der Waals surface area contributed by atoms with E-state index in [1.54, 1.807) is 0 Å². The molecule has 0 aliphatic carbocycles. The van der Waals surface area contributed by atoms with E-state index in [0.29, 0.717) is 38.3 Å². The molecule has 1 aliphatic heterocycles. The number of rotatable bonds is 1. The van der Waals surface area contributed by atoms with Gasteiger partial charge in [-0.25, -0.2) is 13.2 Å². The summed E-state index contributed by atoms with van der Waals surface area (Å²) in [6.45, 7) is 1.77. The van der Waals surface area contributed by atoms with Crippen LogP contribution in [0.25, 0.3) is 0 Å². The van der Waals surface area contributed by atoms with Gasteiger partial charge in [0.15, 0.2) is 11.6 Å². The number of anilines is 1. The minimum Gasteiger partial charge on any atom is -0.332 e. The van der Waals surface area contributed by atoms with Crippen LogP contribution in [0.4, 0.5) is 18.9 Å². The number of nitrogens with one attached hydrogen (secondary N) is 2. The van der Waals surface area contributed by atoms with Gasteiger partial charge in [-0.2, -0.15) is 0 Å². The number of benzene rings is 1. The molecule has 1 fully saturated rings. The van der Waals surface area contributed by atoms with Gasteiger partial charge in [0.05, 0.1) is 5.69 Å². The molecule has 2 amide bonds. The van der Waals surface area contributed by atoms with Crippen molar-refractivity contribution in [3.63, 3.8) is 0 Å². The second-order valence-corrected chi connectivity index (χ2v) is 4.25. The Morgan fingerprint density at radius 2 is 1.80 bits per heavy atom. The first-order chi connectivity index (χ1) is 9.49. The van der Waals surface area contributed by atoms with Crippen LogP contribution < -0.4 is 10.6 Å². The second kappa shape index (κ2) is 5.91. The van der Waals surface area contributed by atoms with Crippen molar-refractivity contribution >= 4 is 17.5 Å². The highest BCUT2D eigenvalue weighted by molar-refractivity contribution is 6.39. The van der Waals surface area contributed by atoms with Crippen LogP contribution in [0.3, 0.4) is 0 Å². The molecule has 1 aliphatic rings. The van der Waals surface area contributed by atoms with Crippen LogP contribution in [0.15, 0.2) is 12.1 Å². The third-order valence-corrected chi connectivity index (χ3v) is 2.84. The van der Waals surface area contributed by atoms with Crippen molar-refractivity contribution in [1.82, 2.24) is 10.2 Å². The summed E-state index contributed by atoms with van der Waals surface area (Å²) in [7, 11) is 0. The average molecular weight is 287 g/mol. The maximum absolute atomic E-state index is 13.4. The quantitative estimate of drug-likeness (QED) is 0.583. The molecule has 0 aromatic heterocycles. The first-order valence-electron chi connectivity index (χ1n) is 5.94. The molecule has 1 heterocycles. The van der Waals surface area contributed by atoms with E-state index in [1.807, 2.05) is 5.32 Å². The minimum atomic E-state index is -1.44. The van der Waals surface area contributed by atoms with Gasteiger partial charge in [0.2, 0.25) is 0 Å². The largest absolute Gasteiger partial charge is 0.332 e. The Bertz CT molecular complexity index is 545. The maximum Gasteiger partial charge on any atom is 0.313 e. The van der Waals surface area contributed by atoms with E-state index < -0.39 is 35.0 Å². The van der Waals surface area contributed by atoms with Crippen molar-refractivity contribution < 1.29 is 22.8 Å². The predicted molar refractivity (Wildman–Crippen MR) is 64.4 cm³/mol. The van der Waals surface area contributed by atoms with Crippen molar-refractivity contribution in [1.29, 1.82) is 0 Å². The molecule has 2 rings (SSSR count). The summed E-state index contributed by atoms with van der Waals surface area (Å²) < 4.78 is 39.3. The Morgan fingerprint density at radius 1 is 1.15 bits per heavy atom. The molecule has 108 valence electrons. The third-order valence-electron chi connectivity index (χ3n) is 2.84. The monoisotopic (exact) mass is 287 g/mol. The van der Waals surface area contributed by atoms with Crippen LogP contribution in [-0.2, 0) is 9.59 Å². The highest BCUT2D eigenvalue weighted by atomic mass is 19.2. The number of carbonyl (C=O) groups excluding carboxylic acids is 2. The van der Waals surface area contributed by atoms with Crippen LogP contribution >= 0.6 is 0 Å². The summed E-state index contributed by atoms with van der Waals surface area (Å²) in [6.07, 6.45) is 0. The van der Waals surface area contributed by atoms with Crippen molar-refractivity contribution in [2.24, 2.45) is 0 Å². The van der Waals surface area contributed by atoms with E-state index in [0.717, 1.165) is 0 Å². The summed E-state index contributed by atoms with van der Waals surface area (Å²) >= 11 is 0. The number of hydrogen-bond acceptors (Lipinski definition) is 3. The molecule has 1 saturated heterocycles. The molecular weight excluding hydrogens is 275 g/mol. The topological polar surface area (TPSA) is 61.4 Å². The van der Waals surface area contributed by atoms with Gasteiger partial charge in [0.1, 0.15) is 5.82 Å². The third kappa shape index (κ3) is 3.08. The summed E-state index contributed by atoms with van der Waals surface area (Å²) in [5, 5.41) is 4.88. The van der Waals surface area contributed by atoms with Crippen molar-refractivity contribution in [3.8, 4) is 0 Å². The van der Waals surface area contributed by atoms with Crippen LogP contribution in [0.5, 0.6) is 0 Å². The molecule has 1 aromatic rings. The SMILES string of the molecule is O=C(Nc1cc(F)cc(F)c1F)C(=O)N1CCNCC1. The fraction of sp³-hybridized carbons (Fsp3) is 0.333. The second-order valence-electron chi connectivity index (χ2n) is 4.25. The maximum atomic E-state index is 13.4. The predicted octanol–water partition coefficient (Wildman–Crippen LogP) is 0.474. The summed E-state index contributed by atoms with van der Waals surface area (Å²) in [5.74, 6) is -5.89. The van der Waals surface area contributed by atoms with Gasteiger partial charge in [0.25, 0.3) is 0 Å². The van der Waals surface area contributed by atoms with Crippen LogP contribution in [0.2, 0.25) is 0 Å². The molecular formula is C12H12F3N3O2. The molecule has 0 spiro atoms. The molecule has 2 N–H and O–H groups in total. The highest BCUT2D eigenvalue weighted by Gasteiger charge is 2.24. The molecule has 0 atom stereocenters. The lowest BCUT2D eigenvalue weighted by Gasteiger charge is -2.26. The van der Waals surface area contributed by atoms with Crippen molar-refractivity contribution in [3.05, 3.63) is 29.6 Å². The Morgan fingerprint density at radius 3 is 2.45 bits per heavy atom. The van der Waals surface area contributed by atoms with Crippen LogP contribution in [-0.4, -0.2) is 42.9 Å². The standard InChI is InChI=1S/C12H12F3N3O2/c13-7-5-8(14)10(15)9(6-7)17-11(19)12(20)18-3-1-16-2-4-18/h5-6,16H,1-4H2,(H,17,19). The lowest BCUT2D eigenvalue weighted by Crippen LogP contribution is -2.50. The Labute approximate surface area is 112 Å². The number of halogens is 3. The zero-order chi connectivity index (χ0) is 14.7. The Balaban J connectivity index is 2.09. The lowest BCUT2D eigenvalue weighted by atomic mass is 10.2. The molecule has 0 radical (unpaired) electrons. The summed E-state index contributed by atoms with van der Waals surface area (Å²) in [4.78, 5) is 24.7. The summed E-state index contributed by atoms with van der Waals surface area (Å²) in [6, 6.07) is 0.963. The molecule has 20 heavy (non-hydrogen) atoms. The van der Waals surface area contributed by atoms with Crippen molar-refractivity contribution in [2.45, 2.75) is 0 Å². The average Bonchev–Trinajstić information content (AvgIpc) is 2.44. The van der Waals surface area contributed by atoms with E-state index in [9.17, 15) is 22.8 Å². The first kappa shape index (κ1) is 14.3. The number of hydrogen-bond donors (Lipinski definition) is 2. The van der Waals surface area contributed by atoms with E-state index in [4.69, 9.17) is 0 Å². The highest BCUT2D eigenvalue weighted by Crippen LogP contribution is 2.19. The fourth-order valence-electron chi connectivity index (χ4n) is 1.83. The van der Waals surface area contributed by atoms with Gasteiger partial charge in [0, 0.05) is 38.3 Å². The summed E-state index contributed by atoms with van der Waals surface area (Å²) in [5.41, 5.74) is -0.698. The van der Waals surface area contributed by atoms with Gasteiger partial charge in [-0.15, -0.1) is 0 Å². The Kier molecular flexibility index (Phi) is 4.23. The number of piperazine rings is 1. The number of nitrogens with zero attached hydrogens (tertiary/aromatic N) is 1. The van der Waals surface area contributed by atoms with Crippen LogP contribution in [0.1, 0.15) is 0 Å². The number of carbonyl (C=O) groups is 2. The van der Waals surface area contributed by atoms with Gasteiger partial charge in [-0.05, 0) is 0 Å². The molecule has 1 aromatic carbocycles. The van der Waals surface area contributed by atoms with Gasteiger partial charge >= 0.3 is 11.8 Å². The van der Waals surface area contributed by atoms with E-state index in [-0.39, 0.29) is 0 Å². The molecule has 0 saturated carbocycles. The van der Waals surface area contributed by atoms with Crippen molar-refractivity contribution in [2.75, 3.05) is 31.5 Å². The first-order valence-corrected chi connectivity index (χ1v) is 5.94. The fourth-order valence-corrected chi connectivity index (χ4v) is 1.83. The van der Waals surface area contributed by atoms with E-state index >= 15 is 0 Å². The minimum absolute atomic E-state index is 0.340. The van der Waals surface area contributed by atoms with E-state index in [2.05, 4.69) is 5.32 Å². The normalized spacial score (nSPS) is 15.1. The molecule has 0 bridgehead atoms. The van der Waals surface area contributed by atoms with E-state index in [1.165, 1.54) is 4.90 Å². The lowest BCUT2D eigenvalue weighted by molar-refractivity contribution is -0.143.